The number of nitrogens with one attached hydrogen (secondary N) is 1. The molecule has 0 fully saturated rings. The topological polar surface area (TPSA) is 96.0 Å². The lowest BCUT2D eigenvalue weighted by molar-refractivity contribution is -0.140. The van der Waals surface area contributed by atoms with Crippen molar-refractivity contribution < 1.29 is 22.7 Å². The molecule has 1 atom stereocenters. The molecule has 2 aromatic carbocycles. The molecule has 0 bridgehead atoms. The van der Waals surface area contributed by atoms with Gasteiger partial charge in [-0.3, -0.25) is 13.9 Å². The molecule has 0 saturated heterocycles. The first-order chi connectivity index (χ1) is 15.1. The van der Waals surface area contributed by atoms with Crippen LogP contribution in [0.5, 0.6) is 5.75 Å². The third kappa shape index (κ3) is 6.37. The first-order valence-corrected chi connectivity index (χ1v) is 12.2. The highest BCUT2D eigenvalue weighted by Gasteiger charge is 2.31. The van der Waals surface area contributed by atoms with Crippen LogP contribution in [0.1, 0.15) is 18.9 Å². The van der Waals surface area contributed by atoms with Gasteiger partial charge < -0.3 is 15.0 Å². The Morgan fingerprint density at radius 3 is 2.41 bits per heavy atom. The zero-order valence-electron chi connectivity index (χ0n) is 18.5. The number of nitrogens with zero attached hydrogens (tertiary/aromatic N) is 2. The maximum atomic E-state index is 13.4. The van der Waals surface area contributed by atoms with Crippen LogP contribution >= 0.6 is 11.6 Å². The Morgan fingerprint density at radius 1 is 1.16 bits per heavy atom. The molecule has 0 saturated carbocycles. The van der Waals surface area contributed by atoms with Crippen molar-refractivity contribution in [1.82, 2.24) is 10.2 Å². The maximum absolute atomic E-state index is 13.4. The van der Waals surface area contributed by atoms with Crippen molar-refractivity contribution in [1.29, 1.82) is 0 Å². The van der Waals surface area contributed by atoms with Crippen molar-refractivity contribution >= 4 is 39.1 Å². The number of anilines is 1. The first kappa shape index (κ1) is 25.5. The van der Waals surface area contributed by atoms with Gasteiger partial charge in [-0.25, -0.2) is 8.42 Å². The summed E-state index contributed by atoms with van der Waals surface area (Å²) in [6, 6.07) is 12.6. The molecule has 2 rings (SSSR count). The van der Waals surface area contributed by atoms with Crippen LogP contribution in [0.3, 0.4) is 0 Å². The summed E-state index contributed by atoms with van der Waals surface area (Å²) in [6.45, 7) is 1.35. The number of sulfonamides is 1. The Balaban J connectivity index is 2.45. The van der Waals surface area contributed by atoms with Crippen LogP contribution in [-0.2, 0) is 26.2 Å². The van der Waals surface area contributed by atoms with Gasteiger partial charge in [0.2, 0.25) is 21.8 Å². The fraction of sp³-hybridized carbons (Fsp3) is 0.364. The average Bonchev–Trinajstić information content (AvgIpc) is 2.77. The number of rotatable bonds is 10. The van der Waals surface area contributed by atoms with Gasteiger partial charge in [0, 0.05) is 24.7 Å². The van der Waals surface area contributed by atoms with Gasteiger partial charge in [0.15, 0.2) is 0 Å². The van der Waals surface area contributed by atoms with Gasteiger partial charge in [0.05, 0.1) is 19.1 Å². The second kappa shape index (κ2) is 11.2. The predicted molar refractivity (Wildman–Crippen MR) is 125 cm³/mol. The zero-order valence-corrected chi connectivity index (χ0v) is 20.1. The summed E-state index contributed by atoms with van der Waals surface area (Å²) in [5, 5.41) is 3.02. The molecule has 1 N–H and O–H groups in total. The molecule has 2 aromatic rings. The van der Waals surface area contributed by atoms with E-state index in [1.165, 1.54) is 25.1 Å². The molecular weight excluding hydrogens is 454 g/mol. The number of ether oxygens (including phenoxy) is 1. The highest BCUT2D eigenvalue weighted by Crippen LogP contribution is 2.24. The van der Waals surface area contributed by atoms with E-state index in [1.807, 2.05) is 0 Å². The molecule has 0 aromatic heterocycles. The van der Waals surface area contributed by atoms with E-state index < -0.39 is 28.5 Å². The lowest BCUT2D eigenvalue weighted by atomic mass is 10.1. The summed E-state index contributed by atoms with van der Waals surface area (Å²) in [6.07, 6.45) is 1.36. The largest absolute Gasteiger partial charge is 0.497 e. The van der Waals surface area contributed by atoms with Crippen molar-refractivity contribution in [3.8, 4) is 5.75 Å². The second-order valence-electron chi connectivity index (χ2n) is 7.12. The van der Waals surface area contributed by atoms with Gasteiger partial charge in [-0.15, -0.1) is 0 Å². The van der Waals surface area contributed by atoms with Crippen molar-refractivity contribution in [3.63, 3.8) is 0 Å². The quantitative estimate of drug-likeness (QED) is 0.562. The van der Waals surface area contributed by atoms with Crippen LogP contribution in [0.15, 0.2) is 48.5 Å². The number of amides is 2. The number of methoxy groups -OCH3 is 1. The summed E-state index contributed by atoms with van der Waals surface area (Å²) in [4.78, 5) is 27.3. The number of carbonyl (C=O) groups excluding carboxylic acids is 2. The van der Waals surface area contributed by atoms with E-state index >= 15 is 0 Å². The molecule has 8 nitrogen and oxygen atoms in total. The molecule has 0 radical (unpaired) electrons. The smallest absolute Gasteiger partial charge is 0.244 e. The molecule has 0 aliphatic carbocycles. The fourth-order valence-corrected chi connectivity index (χ4v) is 4.31. The van der Waals surface area contributed by atoms with E-state index in [1.54, 1.807) is 49.4 Å². The Labute approximate surface area is 194 Å². The molecule has 0 heterocycles. The van der Waals surface area contributed by atoms with E-state index in [-0.39, 0.29) is 18.1 Å². The summed E-state index contributed by atoms with van der Waals surface area (Å²) in [5.41, 5.74) is 0.933. The third-order valence-electron chi connectivity index (χ3n) is 4.95. The van der Waals surface area contributed by atoms with Gasteiger partial charge in [0.1, 0.15) is 18.3 Å². The van der Waals surface area contributed by atoms with Gasteiger partial charge >= 0.3 is 0 Å². The highest BCUT2D eigenvalue weighted by molar-refractivity contribution is 7.92. The average molecular weight is 482 g/mol. The fourth-order valence-electron chi connectivity index (χ4n) is 3.28. The lowest BCUT2D eigenvalue weighted by Gasteiger charge is -2.32. The first-order valence-electron chi connectivity index (χ1n) is 9.98. The van der Waals surface area contributed by atoms with Gasteiger partial charge in [-0.1, -0.05) is 42.8 Å². The van der Waals surface area contributed by atoms with Gasteiger partial charge in [0.25, 0.3) is 0 Å². The summed E-state index contributed by atoms with van der Waals surface area (Å²) in [5.74, 6) is -0.429. The van der Waals surface area contributed by atoms with Crippen LogP contribution in [0.4, 0.5) is 5.69 Å². The van der Waals surface area contributed by atoms with Crippen molar-refractivity contribution in [2.45, 2.75) is 25.9 Å². The van der Waals surface area contributed by atoms with Crippen LogP contribution in [0.25, 0.3) is 0 Å². The lowest BCUT2D eigenvalue weighted by Crippen LogP contribution is -2.51. The minimum atomic E-state index is -3.81. The molecule has 174 valence electrons. The standard InChI is InChI=1S/C22H28ClN3O5S/c1-5-20(22(28)24-2)25(14-16-9-6-7-12-19(16)23)21(27)15-26(32(4,29)30)17-10-8-11-18(13-17)31-3/h6-13,20H,5,14-15H2,1-4H3,(H,24,28)/t20-/m1/s1. The van der Waals surface area contributed by atoms with Crippen molar-refractivity contribution in [3.05, 3.63) is 59.1 Å². The summed E-state index contributed by atoms with van der Waals surface area (Å²) in [7, 11) is -0.851. The van der Waals surface area contributed by atoms with E-state index in [0.29, 0.717) is 22.8 Å². The molecule has 0 unspecified atom stereocenters. The number of carbonyl (C=O) groups is 2. The summed E-state index contributed by atoms with van der Waals surface area (Å²) < 4.78 is 31.3. The Kier molecular flexibility index (Phi) is 8.91. The molecule has 2 amide bonds. The zero-order chi connectivity index (χ0) is 23.9. The maximum Gasteiger partial charge on any atom is 0.244 e. The van der Waals surface area contributed by atoms with Crippen LogP contribution < -0.4 is 14.4 Å². The van der Waals surface area contributed by atoms with E-state index in [4.69, 9.17) is 16.3 Å². The third-order valence-corrected chi connectivity index (χ3v) is 6.46. The molecule has 0 aliphatic heterocycles. The number of hydrogen-bond acceptors (Lipinski definition) is 5. The molecular formula is C22H28ClN3O5S. The monoisotopic (exact) mass is 481 g/mol. The number of hydrogen-bond donors (Lipinski definition) is 1. The predicted octanol–water partition coefficient (Wildman–Crippen LogP) is 2.67. The van der Waals surface area contributed by atoms with Gasteiger partial charge in [-0.05, 0) is 30.2 Å². The van der Waals surface area contributed by atoms with Crippen molar-refractivity contribution in [2.75, 3.05) is 31.3 Å². The van der Waals surface area contributed by atoms with E-state index in [9.17, 15) is 18.0 Å². The number of likely N-dealkylation sites (N-methyl/N-ethyl adjacent to an activating group) is 1. The van der Waals surface area contributed by atoms with Crippen LogP contribution in [-0.4, -0.2) is 58.1 Å². The van der Waals surface area contributed by atoms with Crippen molar-refractivity contribution in [2.24, 2.45) is 0 Å². The molecule has 0 aliphatic rings. The minimum Gasteiger partial charge on any atom is -0.497 e. The SMILES string of the molecule is CC[C@H](C(=O)NC)N(Cc1ccccc1Cl)C(=O)CN(c1cccc(OC)c1)S(C)(=O)=O. The normalized spacial score (nSPS) is 12.0. The van der Waals surface area contributed by atoms with E-state index in [2.05, 4.69) is 5.32 Å². The highest BCUT2D eigenvalue weighted by atomic mass is 35.5. The Morgan fingerprint density at radius 2 is 1.84 bits per heavy atom. The molecule has 10 heteroatoms. The Hall–Kier alpha value is -2.78. The minimum absolute atomic E-state index is 0.0557. The van der Waals surface area contributed by atoms with Gasteiger partial charge in [-0.2, -0.15) is 0 Å². The van der Waals surface area contributed by atoms with Crippen LogP contribution in [0.2, 0.25) is 5.02 Å². The second-order valence-corrected chi connectivity index (χ2v) is 9.44. The van der Waals surface area contributed by atoms with Crippen LogP contribution in [0, 0.1) is 0 Å². The summed E-state index contributed by atoms with van der Waals surface area (Å²) >= 11 is 6.28. The number of benzene rings is 2. The molecule has 32 heavy (non-hydrogen) atoms. The molecule has 0 spiro atoms. The Bertz CT molecular complexity index is 1060. The van der Waals surface area contributed by atoms with E-state index in [0.717, 1.165) is 10.6 Å². The number of halogens is 1.